The summed E-state index contributed by atoms with van der Waals surface area (Å²) in [5.74, 6) is 0.247. The summed E-state index contributed by atoms with van der Waals surface area (Å²) in [6.07, 6.45) is 8.24. The van der Waals surface area contributed by atoms with Crippen molar-refractivity contribution < 1.29 is 9.53 Å². The van der Waals surface area contributed by atoms with Crippen LogP contribution >= 0.6 is 0 Å². The van der Waals surface area contributed by atoms with E-state index in [2.05, 4.69) is 22.7 Å². The summed E-state index contributed by atoms with van der Waals surface area (Å²) in [6.45, 7) is 4.80. The fourth-order valence-corrected chi connectivity index (χ4v) is 5.12. The molecule has 5 rings (SSSR count). The van der Waals surface area contributed by atoms with Crippen molar-refractivity contribution >= 4 is 22.6 Å². The van der Waals surface area contributed by atoms with Crippen molar-refractivity contribution in [2.45, 2.75) is 70.5 Å². The molecule has 2 N–H and O–H groups in total. The lowest BCUT2D eigenvalue weighted by molar-refractivity contribution is 0.0903. The molecule has 0 bridgehead atoms. The normalized spacial score (nSPS) is 17.5. The third-order valence-electron chi connectivity index (χ3n) is 6.95. The zero-order valence-corrected chi connectivity index (χ0v) is 19.3. The maximum absolute atomic E-state index is 13.7. The van der Waals surface area contributed by atoms with Crippen molar-refractivity contribution in [2.75, 3.05) is 18.5 Å². The molecule has 1 saturated carbocycles. The Morgan fingerprint density at radius 2 is 1.88 bits per heavy atom. The highest BCUT2D eigenvalue weighted by Gasteiger charge is 2.30. The van der Waals surface area contributed by atoms with Crippen molar-refractivity contribution in [1.29, 1.82) is 0 Å². The number of benzene rings is 1. The number of ether oxygens (including phenoxy) is 1. The van der Waals surface area contributed by atoms with E-state index in [0.717, 1.165) is 73.4 Å². The number of fused-ring (bicyclic) bond motifs is 1. The van der Waals surface area contributed by atoms with Gasteiger partial charge < -0.3 is 15.4 Å². The summed E-state index contributed by atoms with van der Waals surface area (Å²) in [5.41, 5.74) is 4.47. The molecule has 0 radical (unpaired) electrons. The predicted octanol–water partition coefficient (Wildman–Crippen LogP) is 4.63. The van der Waals surface area contributed by atoms with Gasteiger partial charge in [-0.15, -0.1) is 0 Å². The zero-order chi connectivity index (χ0) is 22.6. The highest BCUT2D eigenvalue weighted by molar-refractivity contribution is 6.08. The number of amides is 1. The molecule has 7 heteroatoms. The molecule has 3 aromatic rings. The van der Waals surface area contributed by atoms with E-state index in [0.29, 0.717) is 18.0 Å². The molecule has 3 heterocycles. The third-order valence-corrected chi connectivity index (χ3v) is 6.95. The van der Waals surface area contributed by atoms with E-state index >= 15 is 0 Å². The number of aromatic nitrogens is 3. The second-order valence-electron chi connectivity index (χ2n) is 9.13. The number of hydrogen-bond donors (Lipinski definition) is 2. The standard InChI is InChI=1S/C26H33N5O2/c1-2-31-25-21(17-28-31)24(29-20-12-14-33-15-13-20)22(23(30-25)19-10-6-7-11-19)26(32)27-16-18-8-4-3-5-9-18/h3-5,8-9,17,19-20H,2,6-7,10-16H2,1H3,(H,27,32)(H,29,30). The van der Waals surface area contributed by atoms with Gasteiger partial charge in [0, 0.05) is 38.3 Å². The number of anilines is 1. The number of rotatable bonds is 7. The molecule has 2 fully saturated rings. The lowest BCUT2D eigenvalue weighted by Crippen LogP contribution is -2.31. The molecule has 1 saturated heterocycles. The molecule has 2 aliphatic rings. The van der Waals surface area contributed by atoms with Gasteiger partial charge in [0.25, 0.3) is 5.91 Å². The van der Waals surface area contributed by atoms with Crippen LogP contribution in [0.2, 0.25) is 0 Å². The van der Waals surface area contributed by atoms with Gasteiger partial charge >= 0.3 is 0 Å². The Balaban J connectivity index is 1.59. The van der Waals surface area contributed by atoms with Gasteiger partial charge in [-0.3, -0.25) is 4.79 Å². The maximum atomic E-state index is 13.7. The predicted molar refractivity (Wildman–Crippen MR) is 129 cm³/mol. The van der Waals surface area contributed by atoms with Gasteiger partial charge in [-0.25, -0.2) is 9.67 Å². The monoisotopic (exact) mass is 447 g/mol. The first-order valence-electron chi connectivity index (χ1n) is 12.3. The van der Waals surface area contributed by atoms with Crippen molar-refractivity contribution in [1.82, 2.24) is 20.1 Å². The third kappa shape index (κ3) is 4.60. The van der Waals surface area contributed by atoms with E-state index in [1.807, 2.05) is 41.2 Å². The molecule has 0 spiro atoms. The lowest BCUT2D eigenvalue weighted by Gasteiger charge is -2.27. The van der Waals surface area contributed by atoms with E-state index in [-0.39, 0.29) is 11.9 Å². The molecule has 1 aliphatic carbocycles. The Labute approximate surface area is 194 Å². The highest BCUT2D eigenvalue weighted by atomic mass is 16.5. The van der Waals surface area contributed by atoms with Crippen LogP contribution in [-0.4, -0.2) is 39.9 Å². The molecule has 0 atom stereocenters. The van der Waals surface area contributed by atoms with Crippen molar-refractivity contribution in [3.63, 3.8) is 0 Å². The minimum absolute atomic E-state index is 0.0611. The Bertz CT molecular complexity index is 1100. The number of carbonyl (C=O) groups is 1. The first kappa shape index (κ1) is 21.9. The highest BCUT2D eigenvalue weighted by Crippen LogP contribution is 2.40. The topological polar surface area (TPSA) is 81.1 Å². The van der Waals surface area contributed by atoms with Gasteiger partial charge in [0.1, 0.15) is 0 Å². The Morgan fingerprint density at radius 3 is 2.61 bits per heavy atom. The Morgan fingerprint density at radius 1 is 1.12 bits per heavy atom. The van der Waals surface area contributed by atoms with Crippen LogP contribution < -0.4 is 10.6 Å². The average Bonchev–Trinajstić information content (AvgIpc) is 3.54. The molecule has 2 aromatic heterocycles. The van der Waals surface area contributed by atoms with Gasteiger partial charge in [-0.2, -0.15) is 5.10 Å². The van der Waals surface area contributed by atoms with Crippen LogP contribution in [0.4, 0.5) is 5.69 Å². The molecule has 33 heavy (non-hydrogen) atoms. The van der Waals surface area contributed by atoms with Crippen molar-refractivity contribution in [3.05, 3.63) is 53.3 Å². The second kappa shape index (κ2) is 9.91. The van der Waals surface area contributed by atoms with Crippen LogP contribution in [0, 0.1) is 0 Å². The summed E-state index contributed by atoms with van der Waals surface area (Å²) in [7, 11) is 0. The molecule has 0 unspecified atom stereocenters. The summed E-state index contributed by atoms with van der Waals surface area (Å²) in [5, 5.41) is 12.4. The minimum atomic E-state index is -0.0611. The van der Waals surface area contributed by atoms with Gasteiger partial charge in [-0.1, -0.05) is 43.2 Å². The Hall–Kier alpha value is -2.93. The molecule has 174 valence electrons. The minimum Gasteiger partial charge on any atom is -0.381 e. The number of aryl methyl sites for hydroxylation is 1. The fraction of sp³-hybridized carbons (Fsp3) is 0.500. The van der Waals surface area contributed by atoms with Gasteiger partial charge in [0.05, 0.1) is 28.5 Å². The molecule has 1 aliphatic heterocycles. The SMILES string of the molecule is CCn1ncc2c(NC3CCOCC3)c(C(=O)NCc3ccccc3)c(C3CCCC3)nc21. The van der Waals surface area contributed by atoms with E-state index in [9.17, 15) is 4.79 Å². The van der Waals surface area contributed by atoms with Gasteiger partial charge in [0.15, 0.2) is 5.65 Å². The van der Waals surface area contributed by atoms with E-state index < -0.39 is 0 Å². The number of carbonyl (C=O) groups excluding carboxylic acids is 1. The van der Waals surface area contributed by atoms with Gasteiger partial charge in [0.2, 0.25) is 0 Å². The zero-order valence-electron chi connectivity index (χ0n) is 19.3. The second-order valence-corrected chi connectivity index (χ2v) is 9.13. The first-order chi connectivity index (χ1) is 16.2. The lowest BCUT2D eigenvalue weighted by atomic mass is 9.95. The van der Waals surface area contributed by atoms with Crippen LogP contribution in [0.15, 0.2) is 36.5 Å². The summed E-state index contributed by atoms with van der Waals surface area (Å²) in [4.78, 5) is 18.8. The van der Waals surface area contributed by atoms with Crippen molar-refractivity contribution in [2.24, 2.45) is 0 Å². The summed E-state index contributed by atoms with van der Waals surface area (Å²) < 4.78 is 7.51. The van der Waals surface area contributed by atoms with Crippen LogP contribution in [0.1, 0.15) is 73.0 Å². The van der Waals surface area contributed by atoms with Crippen LogP contribution in [0.3, 0.4) is 0 Å². The first-order valence-corrected chi connectivity index (χ1v) is 12.3. The number of nitrogens with zero attached hydrogens (tertiary/aromatic N) is 3. The Kier molecular flexibility index (Phi) is 6.58. The molecule has 1 aromatic carbocycles. The van der Waals surface area contributed by atoms with Gasteiger partial charge in [-0.05, 0) is 38.2 Å². The summed E-state index contributed by atoms with van der Waals surface area (Å²) >= 11 is 0. The molecule has 7 nitrogen and oxygen atoms in total. The number of nitrogens with one attached hydrogen (secondary N) is 2. The van der Waals surface area contributed by atoms with Crippen molar-refractivity contribution in [3.8, 4) is 0 Å². The smallest absolute Gasteiger partial charge is 0.255 e. The van der Waals surface area contributed by atoms with E-state index in [4.69, 9.17) is 9.72 Å². The quantitative estimate of drug-likeness (QED) is 0.552. The maximum Gasteiger partial charge on any atom is 0.255 e. The summed E-state index contributed by atoms with van der Waals surface area (Å²) in [6, 6.07) is 10.3. The van der Waals surface area contributed by atoms with Crippen LogP contribution in [0.5, 0.6) is 0 Å². The van der Waals surface area contributed by atoms with Crippen LogP contribution in [0.25, 0.3) is 11.0 Å². The fourth-order valence-electron chi connectivity index (χ4n) is 5.12. The molecular weight excluding hydrogens is 414 g/mol. The van der Waals surface area contributed by atoms with E-state index in [1.54, 1.807) is 0 Å². The van der Waals surface area contributed by atoms with Crippen LogP contribution in [-0.2, 0) is 17.8 Å². The molecular formula is C26H33N5O2. The average molecular weight is 448 g/mol. The molecule has 1 amide bonds. The van der Waals surface area contributed by atoms with E-state index in [1.165, 1.54) is 12.8 Å². The number of hydrogen-bond acceptors (Lipinski definition) is 5. The number of pyridine rings is 1. The largest absolute Gasteiger partial charge is 0.381 e.